The van der Waals surface area contributed by atoms with Crippen LogP contribution in [0.1, 0.15) is 26.7 Å². The summed E-state index contributed by atoms with van der Waals surface area (Å²) < 4.78 is 29.2. The second-order valence-corrected chi connectivity index (χ2v) is 7.56. The molecule has 0 atom stereocenters. The van der Waals surface area contributed by atoms with E-state index in [4.69, 9.17) is 46.6 Å². The molecule has 0 saturated heterocycles. The minimum absolute atomic E-state index is 0.250. The molecule has 0 aromatic rings. The first-order valence-electron chi connectivity index (χ1n) is 10.8. The van der Waals surface area contributed by atoms with E-state index in [0.717, 1.165) is 12.8 Å². The second-order valence-electron chi connectivity index (χ2n) is 7.56. The van der Waals surface area contributed by atoms with Crippen molar-refractivity contribution < 1.29 is 23.7 Å². The van der Waals surface area contributed by atoms with E-state index in [-0.39, 0.29) is 10.8 Å². The molecule has 0 fully saturated rings. The topological polar surface area (TPSA) is 150 Å². The van der Waals surface area contributed by atoms with E-state index in [0.29, 0.717) is 92.2 Å². The van der Waals surface area contributed by atoms with E-state index < -0.39 is 0 Å². The van der Waals surface area contributed by atoms with Gasteiger partial charge in [0.25, 0.3) is 0 Å². The fourth-order valence-electron chi connectivity index (χ4n) is 2.83. The zero-order chi connectivity index (χ0) is 21.8. The third kappa shape index (κ3) is 12.8. The summed E-state index contributed by atoms with van der Waals surface area (Å²) in [5.74, 6) is 0. The standard InChI is InChI=1S/C20H46N4O5/c1-3-19(13-25-9-5-21,14-26-10-6-22)17-29-18-20(4-2,15-27-11-7-23)16-28-12-8-24/h3-18,21-24H2,1-2H3. The highest BCUT2D eigenvalue weighted by Gasteiger charge is 2.34. The van der Waals surface area contributed by atoms with Crippen LogP contribution in [0.4, 0.5) is 0 Å². The van der Waals surface area contributed by atoms with Crippen LogP contribution in [0.5, 0.6) is 0 Å². The van der Waals surface area contributed by atoms with Crippen molar-refractivity contribution in [3.05, 3.63) is 0 Å². The summed E-state index contributed by atoms with van der Waals surface area (Å²) in [6.07, 6.45) is 1.71. The Morgan fingerprint density at radius 1 is 0.448 bits per heavy atom. The number of hydrogen-bond donors (Lipinski definition) is 4. The van der Waals surface area contributed by atoms with E-state index in [1.165, 1.54) is 0 Å². The Hall–Kier alpha value is -0.360. The van der Waals surface area contributed by atoms with Crippen LogP contribution in [-0.4, -0.2) is 92.2 Å². The Morgan fingerprint density at radius 3 is 0.897 bits per heavy atom. The smallest absolute Gasteiger partial charge is 0.0589 e. The molecule has 0 aliphatic rings. The Balaban J connectivity index is 4.95. The Morgan fingerprint density at radius 2 is 0.690 bits per heavy atom. The van der Waals surface area contributed by atoms with Gasteiger partial charge >= 0.3 is 0 Å². The molecule has 0 saturated carbocycles. The van der Waals surface area contributed by atoms with E-state index in [1.807, 2.05) is 0 Å². The lowest BCUT2D eigenvalue weighted by Gasteiger charge is -2.36. The highest BCUT2D eigenvalue weighted by Crippen LogP contribution is 2.28. The van der Waals surface area contributed by atoms with Crippen molar-refractivity contribution in [2.24, 2.45) is 33.8 Å². The predicted molar refractivity (Wildman–Crippen MR) is 116 cm³/mol. The number of nitrogens with two attached hydrogens (primary N) is 4. The molecule has 29 heavy (non-hydrogen) atoms. The van der Waals surface area contributed by atoms with Gasteiger partial charge < -0.3 is 46.6 Å². The average Bonchev–Trinajstić information content (AvgIpc) is 2.73. The molecule has 0 aromatic carbocycles. The van der Waals surface area contributed by atoms with Crippen LogP contribution in [0.3, 0.4) is 0 Å². The molecule has 0 radical (unpaired) electrons. The molecule has 0 rings (SSSR count). The van der Waals surface area contributed by atoms with Crippen LogP contribution >= 0.6 is 0 Å². The van der Waals surface area contributed by atoms with Crippen molar-refractivity contribution in [3.8, 4) is 0 Å². The van der Waals surface area contributed by atoms with Crippen LogP contribution in [0.2, 0.25) is 0 Å². The SMILES string of the molecule is CCC(COCCN)(COCCN)COCC(CC)(COCCN)COCCN. The summed E-state index contributed by atoms with van der Waals surface area (Å²) in [7, 11) is 0. The number of hydrogen-bond acceptors (Lipinski definition) is 9. The van der Waals surface area contributed by atoms with Crippen LogP contribution in [0.25, 0.3) is 0 Å². The van der Waals surface area contributed by atoms with Crippen LogP contribution < -0.4 is 22.9 Å². The Kier molecular flexibility index (Phi) is 18.2. The Labute approximate surface area is 177 Å². The Bertz CT molecular complexity index is 312. The molecule has 8 N–H and O–H groups in total. The van der Waals surface area contributed by atoms with Crippen molar-refractivity contribution in [1.82, 2.24) is 0 Å². The average molecular weight is 423 g/mol. The monoisotopic (exact) mass is 422 g/mol. The first-order chi connectivity index (χ1) is 14.1. The maximum absolute atomic E-state index is 6.22. The molecule has 0 aliphatic carbocycles. The highest BCUT2D eigenvalue weighted by atomic mass is 16.5. The molecule has 0 spiro atoms. The molecule has 9 nitrogen and oxygen atoms in total. The lowest BCUT2D eigenvalue weighted by Crippen LogP contribution is -2.42. The van der Waals surface area contributed by atoms with Gasteiger partial charge in [-0.2, -0.15) is 0 Å². The number of ether oxygens (including phenoxy) is 5. The molecule has 0 aliphatic heterocycles. The molecular formula is C20H46N4O5. The van der Waals surface area contributed by atoms with Crippen LogP contribution in [-0.2, 0) is 23.7 Å². The van der Waals surface area contributed by atoms with Gasteiger partial charge in [0, 0.05) is 37.0 Å². The van der Waals surface area contributed by atoms with Gasteiger partial charge in [-0.15, -0.1) is 0 Å². The summed E-state index contributed by atoms with van der Waals surface area (Å²) in [4.78, 5) is 0. The summed E-state index contributed by atoms with van der Waals surface area (Å²) in [6, 6.07) is 0. The highest BCUT2D eigenvalue weighted by molar-refractivity contribution is 4.81. The second kappa shape index (κ2) is 18.4. The van der Waals surface area contributed by atoms with Gasteiger partial charge in [-0.25, -0.2) is 0 Å². The summed E-state index contributed by atoms with van der Waals surface area (Å²) >= 11 is 0. The lowest BCUT2D eigenvalue weighted by molar-refractivity contribution is -0.109. The molecular weight excluding hydrogens is 376 g/mol. The van der Waals surface area contributed by atoms with Crippen LogP contribution in [0.15, 0.2) is 0 Å². The van der Waals surface area contributed by atoms with Gasteiger partial charge in [0.15, 0.2) is 0 Å². The van der Waals surface area contributed by atoms with E-state index in [1.54, 1.807) is 0 Å². The zero-order valence-corrected chi connectivity index (χ0v) is 18.7. The van der Waals surface area contributed by atoms with Gasteiger partial charge in [-0.05, 0) is 12.8 Å². The van der Waals surface area contributed by atoms with Gasteiger partial charge in [0.2, 0.25) is 0 Å². The fourth-order valence-corrected chi connectivity index (χ4v) is 2.83. The molecule has 0 heterocycles. The maximum atomic E-state index is 6.22. The minimum atomic E-state index is -0.250. The molecule has 0 aromatic heterocycles. The van der Waals surface area contributed by atoms with Gasteiger partial charge in [0.05, 0.1) is 66.1 Å². The van der Waals surface area contributed by atoms with E-state index in [9.17, 15) is 0 Å². The molecule has 0 amide bonds. The third-order valence-corrected chi connectivity index (χ3v) is 5.00. The van der Waals surface area contributed by atoms with E-state index >= 15 is 0 Å². The van der Waals surface area contributed by atoms with Crippen LogP contribution in [0, 0.1) is 10.8 Å². The summed E-state index contributed by atoms with van der Waals surface area (Å²) in [6.45, 7) is 11.3. The van der Waals surface area contributed by atoms with Gasteiger partial charge in [-0.3, -0.25) is 0 Å². The van der Waals surface area contributed by atoms with E-state index in [2.05, 4.69) is 13.8 Å². The molecule has 0 bridgehead atoms. The van der Waals surface area contributed by atoms with Crippen molar-refractivity contribution in [2.45, 2.75) is 26.7 Å². The fraction of sp³-hybridized carbons (Fsp3) is 1.00. The minimum Gasteiger partial charge on any atom is -0.380 e. The van der Waals surface area contributed by atoms with Crippen molar-refractivity contribution in [1.29, 1.82) is 0 Å². The number of rotatable bonds is 22. The summed E-state index contributed by atoms with van der Waals surface area (Å²) in [5.41, 5.74) is 21.8. The largest absolute Gasteiger partial charge is 0.380 e. The maximum Gasteiger partial charge on any atom is 0.0589 e. The van der Waals surface area contributed by atoms with Crippen molar-refractivity contribution in [3.63, 3.8) is 0 Å². The normalized spacial score (nSPS) is 12.6. The zero-order valence-electron chi connectivity index (χ0n) is 18.7. The quantitative estimate of drug-likeness (QED) is 0.172. The molecule has 0 unspecified atom stereocenters. The van der Waals surface area contributed by atoms with Gasteiger partial charge in [-0.1, -0.05) is 13.8 Å². The summed E-state index contributed by atoms with van der Waals surface area (Å²) in [5, 5.41) is 0. The van der Waals surface area contributed by atoms with Crippen molar-refractivity contribution >= 4 is 0 Å². The van der Waals surface area contributed by atoms with Crippen molar-refractivity contribution in [2.75, 3.05) is 92.2 Å². The molecule has 9 heteroatoms. The van der Waals surface area contributed by atoms with Gasteiger partial charge in [0.1, 0.15) is 0 Å². The third-order valence-electron chi connectivity index (χ3n) is 5.00. The lowest BCUT2D eigenvalue weighted by atomic mass is 9.86. The first-order valence-corrected chi connectivity index (χ1v) is 10.8. The molecule has 176 valence electrons. The first kappa shape index (κ1) is 28.6. The predicted octanol–water partition coefficient (Wildman–Crippen LogP) is -0.303.